The molecule has 0 saturated carbocycles. The van der Waals surface area contributed by atoms with E-state index in [4.69, 9.17) is 14.5 Å². The van der Waals surface area contributed by atoms with Gasteiger partial charge in [0.2, 0.25) is 5.91 Å². The van der Waals surface area contributed by atoms with E-state index in [0.29, 0.717) is 73.2 Å². The fourth-order valence-electron chi connectivity index (χ4n) is 8.45. The van der Waals surface area contributed by atoms with Crippen molar-refractivity contribution in [3.8, 4) is 23.0 Å². The van der Waals surface area contributed by atoms with Crippen LogP contribution >= 0.6 is 0 Å². The molecule has 8 rings (SSSR count). The van der Waals surface area contributed by atoms with Crippen LogP contribution in [0.3, 0.4) is 0 Å². The molecule has 0 radical (unpaired) electrons. The summed E-state index contributed by atoms with van der Waals surface area (Å²) in [6.07, 6.45) is 2.69. The summed E-state index contributed by atoms with van der Waals surface area (Å²) in [5, 5.41) is 11.9. The number of ether oxygens (including phenoxy) is 2. The second-order valence-corrected chi connectivity index (χ2v) is 13.4. The summed E-state index contributed by atoms with van der Waals surface area (Å²) >= 11 is 0. The first-order chi connectivity index (χ1) is 23.2. The lowest BCUT2D eigenvalue weighted by Gasteiger charge is -2.35. The van der Waals surface area contributed by atoms with Gasteiger partial charge in [0.15, 0.2) is 5.82 Å². The maximum absolute atomic E-state index is 16.9. The zero-order valence-electron chi connectivity index (χ0n) is 26.9. The molecule has 4 aliphatic rings. The first kappa shape index (κ1) is 31.1. The fraction of sp³-hybridized carbons (Fsp3) is 0.486. The molecule has 4 aliphatic heterocycles. The molecule has 4 aromatic rings. The molecular weight excluding hydrogens is 625 g/mol. The molecule has 13 heteroatoms. The molecular formula is C35H37F3N6O4. The average Bonchev–Trinajstić information content (AvgIpc) is 3.75. The topological polar surface area (TPSA) is 104 Å². The van der Waals surface area contributed by atoms with Gasteiger partial charge in [-0.25, -0.2) is 13.2 Å². The van der Waals surface area contributed by atoms with E-state index in [-0.39, 0.29) is 53.2 Å². The third-order valence-corrected chi connectivity index (χ3v) is 10.6. The lowest BCUT2D eigenvalue weighted by Crippen LogP contribution is -2.52. The molecule has 6 heterocycles. The van der Waals surface area contributed by atoms with Crippen molar-refractivity contribution in [2.45, 2.75) is 63.4 Å². The van der Waals surface area contributed by atoms with Gasteiger partial charge in [-0.3, -0.25) is 14.7 Å². The Bertz CT molecular complexity index is 1950. The largest absolute Gasteiger partial charge is 0.508 e. The quantitative estimate of drug-likeness (QED) is 0.313. The Labute approximate surface area is 275 Å². The normalized spacial score (nSPS) is 25.6. The summed E-state index contributed by atoms with van der Waals surface area (Å²) in [4.78, 5) is 32.2. The molecule has 0 spiro atoms. The highest BCUT2D eigenvalue weighted by Crippen LogP contribution is 2.42. The number of phenols is 1. The number of anilines is 1. The summed E-state index contributed by atoms with van der Waals surface area (Å²) in [6.45, 7) is 6.35. The van der Waals surface area contributed by atoms with E-state index in [2.05, 4.69) is 14.9 Å². The zero-order valence-corrected chi connectivity index (χ0v) is 26.9. The van der Waals surface area contributed by atoms with E-state index < -0.39 is 23.3 Å². The molecule has 2 unspecified atom stereocenters. The van der Waals surface area contributed by atoms with E-state index in [1.54, 1.807) is 11.0 Å². The van der Waals surface area contributed by atoms with Gasteiger partial charge >= 0.3 is 6.01 Å². The Morgan fingerprint density at radius 1 is 1.17 bits per heavy atom. The maximum Gasteiger partial charge on any atom is 0.319 e. The number of fused-ring (bicyclic) bond motifs is 4. The second kappa shape index (κ2) is 11.7. The Morgan fingerprint density at radius 3 is 2.83 bits per heavy atom. The number of benzene rings is 2. The number of carbonyl (C=O) groups is 1. The number of rotatable bonds is 6. The fourth-order valence-corrected chi connectivity index (χ4v) is 8.45. The number of pyridine rings is 1. The van der Waals surface area contributed by atoms with Crippen LogP contribution in [0, 0.1) is 11.6 Å². The standard InChI is InChI=1S/C35H37F3N6O4/c1-3-23-26(37)6-5-20-11-22(46)12-24(29(20)23)31-30(38)32-25(14-39-31)33(42-16-27-28(17-42)47-10-9-44(27)19(2)45)41-34(40-32)48-18-35-7-4-8-43(35)15-21(36)13-35/h5-6,11-12,14,21,27-28,46H,3-4,7-10,13,15-18H2,1-2H3/t21-,27?,28?,35+/m1/s1. The van der Waals surface area contributed by atoms with Gasteiger partial charge in [0.1, 0.15) is 41.4 Å². The number of hydrogen-bond acceptors (Lipinski definition) is 9. The molecule has 4 atom stereocenters. The summed E-state index contributed by atoms with van der Waals surface area (Å²) in [5.41, 5.74) is -0.00680. The third-order valence-electron chi connectivity index (χ3n) is 10.6. The average molecular weight is 663 g/mol. The smallest absolute Gasteiger partial charge is 0.319 e. The van der Waals surface area contributed by atoms with E-state index in [1.165, 1.54) is 31.3 Å². The summed E-state index contributed by atoms with van der Waals surface area (Å²) in [7, 11) is 0. The van der Waals surface area contributed by atoms with Gasteiger partial charge in [-0.15, -0.1) is 0 Å². The van der Waals surface area contributed by atoms with Crippen molar-refractivity contribution in [1.82, 2.24) is 24.8 Å². The molecule has 1 amide bonds. The van der Waals surface area contributed by atoms with Crippen molar-refractivity contribution in [3.63, 3.8) is 0 Å². The van der Waals surface area contributed by atoms with E-state index in [0.717, 1.165) is 19.4 Å². The predicted molar refractivity (Wildman–Crippen MR) is 173 cm³/mol. The number of aromatic nitrogens is 3. The Hall–Kier alpha value is -4.23. The Balaban J connectivity index is 1.26. The van der Waals surface area contributed by atoms with E-state index in [9.17, 15) is 14.3 Å². The maximum atomic E-state index is 16.9. The third kappa shape index (κ3) is 5.01. The van der Waals surface area contributed by atoms with Crippen LogP contribution in [0.15, 0.2) is 30.5 Å². The van der Waals surface area contributed by atoms with Gasteiger partial charge in [0.25, 0.3) is 0 Å². The molecule has 2 aromatic carbocycles. The van der Waals surface area contributed by atoms with Crippen molar-refractivity contribution < 1.29 is 32.5 Å². The van der Waals surface area contributed by atoms with Crippen LogP contribution in [0.1, 0.15) is 38.7 Å². The van der Waals surface area contributed by atoms with Crippen molar-refractivity contribution in [3.05, 3.63) is 47.7 Å². The van der Waals surface area contributed by atoms with Crippen LogP contribution in [0.2, 0.25) is 0 Å². The van der Waals surface area contributed by atoms with Gasteiger partial charge < -0.3 is 24.4 Å². The molecule has 4 saturated heterocycles. The summed E-state index contributed by atoms with van der Waals surface area (Å²) in [5.74, 6) is -0.988. The van der Waals surface area contributed by atoms with E-state index >= 15 is 8.78 Å². The van der Waals surface area contributed by atoms with Crippen LogP contribution in [-0.4, -0.2) is 106 Å². The number of nitrogens with zero attached hydrogens (tertiary/aromatic N) is 6. The SMILES string of the molecule is CCc1c(F)ccc2cc(O)cc(-c3ncc4c(N5CC6OCCN(C(C)=O)C6C5)nc(OC[C@@]56CCCN5C[C@H](F)C6)nc4c3F)c12. The predicted octanol–water partition coefficient (Wildman–Crippen LogP) is 4.78. The van der Waals surface area contributed by atoms with Crippen LogP contribution in [0.25, 0.3) is 32.9 Å². The number of carbonyl (C=O) groups excluding carboxylic acids is 1. The highest BCUT2D eigenvalue weighted by molar-refractivity contribution is 6.01. The second-order valence-electron chi connectivity index (χ2n) is 13.4. The number of alkyl halides is 1. The number of hydrogen-bond donors (Lipinski definition) is 1. The van der Waals surface area contributed by atoms with E-state index in [1.807, 2.05) is 11.8 Å². The first-order valence-corrected chi connectivity index (χ1v) is 16.6. The minimum Gasteiger partial charge on any atom is -0.508 e. The number of morpholine rings is 1. The minimum atomic E-state index is -0.944. The number of amides is 1. The van der Waals surface area contributed by atoms with Crippen molar-refractivity contribution in [2.75, 3.05) is 50.8 Å². The molecule has 252 valence electrons. The van der Waals surface area contributed by atoms with Gasteiger partial charge in [-0.1, -0.05) is 13.0 Å². The lowest BCUT2D eigenvalue weighted by molar-refractivity contribution is -0.140. The first-order valence-electron chi connectivity index (χ1n) is 16.6. The van der Waals surface area contributed by atoms with Crippen LogP contribution in [0.5, 0.6) is 11.8 Å². The number of halogens is 3. The Kier molecular flexibility index (Phi) is 7.59. The minimum absolute atomic E-state index is 0.0478. The van der Waals surface area contributed by atoms with Crippen LogP contribution in [-0.2, 0) is 16.0 Å². The molecule has 4 fully saturated rings. The van der Waals surface area contributed by atoms with Crippen molar-refractivity contribution >= 4 is 33.4 Å². The highest BCUT2D eigenvalue weighted by Gasteiger charge is 2.49. The molecule has 0 bridgehead atoms. The lowest BCUT2D eigenvalue weighted by atomic mass is 9.94. The zero-order chi connectivity index (χ0) is 33.3. The molecule has 10 nitrogen and oxygen atoms in total. The monoisotopic (exact) mass is 662 g/mol. The Morgan fingerprint density at radius 2 is 2.02 bits per heavy atom. The van der Waals surface area contributed by atoms with Crippen LogP contribution < -0.4 is 9.64 Å². The van der Waals surface area contributed by atoms with Gasteiger partial charge in [-0.05, 0) is 60.3 Å². The molecule has 0 aliphatic carbocycles. The van der Waals surface area contributed by atoms with Gasteiger partial charge in [0.05, 0.1) is 29.7 Å². The summed E-state index contributed by atoms with van der Waals surface area (Å²) in [6, 6.07) is 5.51. The van der Waals surface area contributed by atoms with Crippen LogP contribution in [0.4, 0.5) is 19.0 Å². The number of aromatic hydroxyl groups is 1. The number of aryl methyl sites for hydroxylation is 1. The summed E-state index contributed by atoms with van der Waals surface area (Å²) < 4.78 is 58.7. The van der Waals surface area contributed by atoms with Crippen molar-refractivity contribution in [2.24, 2.45) is 0 Å². The highest BCUT2D eigenvalue weighted by atomic mass is 19.1. The molecule has 48 heavy (non-hydrogen) atoms. The van der Waals surface area contributed by atoms with Crippen molar-refractivity contribution in [1.29, 1.82) is 0 Å². The number of phenolic OH excluding ortho intramolecular Hbond substituents is 1. The molecule has 2 aromatic heterocycles. The van der Waals surface area contributed by atoms with Gasteiger partial charge in [0, 0.05) is 51.3 Å². The van der Waals surface area contributed by atoms with Gasteiger partial charge in [-0.2, -0.15) is 9.97 Å². The molecule has 1 N–H and O–H groups in total.